The van der Waals surface area contributed by atoms with Crippen LogP contribution in [0.1, 0.15) is 10.6 Å². The van der Waals surface area contributed by atoms with Gasteiger partial charge in [0.15, 0.2) is 5.82 Å². The quantitative estimate of drug-likeness (QED) is 0.823. The monoisotopic (exact) mass is 360 g/mol. The van der Waals surface area contributed by atoms with E-state index in [4.69, 9.17) is 4.52 Å². The van der Waals surface area contributed by atoms with Crippen molar-refractivity contribution in [1.29, 1.82) is 0 Å². The summed E-state index contributed by atoms with van der Waals surface area (Å²) in [6.07, 6.45) is 3.45. The summed E-state index contributed by atoms with van der Waals surface area (Å²) in [7, 11) is 0. The molecule has 0 aromatic carbocycles. The highest BCUT2D eigenvalue weighted by Gasteiger charge is 2.21. The molecule has 0 bridgehead atoms. The fourth-order valence-corrected chi connectivity index (χ4v) is 3.20. The number of hydrogen-bond acceptors (Lipinski definition) is 6. The molecule has 8 heteroatoms. The Hall–Kier alpha value is -2.45. The molecule has 1 aliphatic heterocycles. The van der Waals surface area contributed by atoms with Crippen molar-refractivity contribution >= 4 is 35.0 Å². The molecule has 2 amide bonds. The van der Waals surface area contributed by atoms with Crippen molar-refractivity contribution in [1.82, 2.24) is 15.0 Å². The van der Waals surface area contributed by atoms with Crippen LogP contribution in [0.5, 0.6) is 0 Å². The van der Waals surface area contributed by atoms with Crippen LogP contribution in [0.25, 0.3) is 6.08 Å². The third-order valence-corrected chi connectivity index (χ3v) is 4.72. The third-order valence-electron chi connectivity index (χ3n) is 3.88. The lowest BCUT2D eigenvalue weighted by Crippen LogP contribution is -2.50. The number of amides is 2. The van der Waals surface area contributed by atoms with Crippen molar-refractivity contribution in [2.24, 2.45) is 0 Å². The predicted molar refractivity (Wildman–Crippen MR) is 96.2 cm³/mol. The zero-order chi connectivity index (χ0) is 17.6. The zero-order valence-electron chi connectivity index (χ0n) is 14.0. The summed E-state index contributed by atoms with van der Waals surface area (Å²) in [5.74, 6) is 0.953. The molecule has 1 N–H and O–H groups in total. The first kappa shape index (κ1) is 17.4. The first-order valence-electron chi connectivity index (χ1n) is 8.06. The molecule has 1 fully saturated rings. The Bertz CT molecular complexity index is 746. The van der Waals surface area contributed by atoms with E-state index < -0.39 is 0 Å². The van der Waals surface area contributed by atoms with Crippen LogP contribution < -0.4 is 5.32 Å². The Kier molecular flexibility index (Phi) is 5.62. The first-order valence-corrected chi connectivity index (χ1v) is 8.94. The minimum Gasteiger partial charge on any atom is -0.360 e. The molecule has 7 nitrogen and oxygen atoms in total. The van der Waals surface area contributed by atoms with Crippen molar-refractivity contribution < 1.29 is 14.1 Å². The smallest absolute Gasteiger partial charge is 0.246 e. The molecule has 1 aliphatic rings. The molecular weight excluding hydrogens is 340 g/mol. The van der Waals surface area contributed by atoms with Crippen LogP contribution in [0.2, 0.25) is 0 Å². The van der Waals surface area contributed by atoms with Gasteiger partial charge in [-0.2, -0.15) is 0 Å². The van der Waals surface area contributed by atoms with Gasteiger partial charge < -0.3 is 14.7 Å². The summed E-state index contributed by atoms with van der Waals surface area (Å²) in [5, 5.41) is 8.42. The Morgan fingerprint density at radius 1 is 1.36 bits per heavy atom. The Balaban J connectivity index is 1.42. The van der Waals surface area contributed by atoms with Crippen molar-refractivity contribution in [2.75, 3.05) is 38.0 Å². The summed E-state index contributed by atoms with van der Waals surface area (Å²) >= 11 is 1.60. The van der Waals surface area contributed by atoms with Crippen LogP contribution in [0.4, 0.5) is 5.82 Å². The molecule has 0 atom stereocenters. The maximum atomic E-state index is 12.2. The summed E-state index contributed by atoms with van der Waals surface area (Å²) in [5.41, 5.74) is 0. The first-order chi connectivity index (χ1) is 12.1. The molecule has 0 radical (unpaired) electrons. The molecule has 3 heterocycles. The van der Waals surface area contributed by atoms with Gasteiger partial charge in [0.25, 0.3) is 0 Å². The average Bonchev–Trinajstić information content (AvgIpc) is 3.25. The molecule has 3 rings (SSSR count). The second-order valence-electron chi connectivity index (χ2n) is 5.82. The van der Waals surface area contributed by atoms with E-state index >= 15 is 0 Å². The number of aryl methyl sites for hydroxylation is 1. The topological polar surface area (TPSA) is 78.7 Å². The molecule has 132 valence electrons. The number of carbonyl (C=O) groups excluding carboxylic acids is 2. The molecule has 2 aromatic rings. The van der Waals surface area contributed by atoms with E-state index in [1.165, 1.54) is 0 Å². The highest BCUT2D eigenvalue weighted by Crippen LogP contribution is 2.11. The second-order valence-corrected chi connectivity index (χ2v) is 6.80. The molecule has 0 saturated carbocycles. The fraction of sp³-hybridized carbons (Fsp3) is 0.353. The van der Waals surface area contributed by atoms with Crippen molar-refractivity contribution in [3.63, 3.8) is 0 Å². The molecule has 1 saturated heterocycles. The summed E-state index contributed by atoms with van der Waals surface area (Å²) in [4.78, 5) is 29.1. The van der Waals surface area contributed by atoms with E-state index in [1.54, 1.807) is 35.3 Å². The Morgan fingerprint density at radius 2 is 2.16 bits per heavy atom. The molecule has 0 unspecified atom stereocenters. The maximum absolute atomic E-state index is 12.2. The number of carbonyl (C=O) groups is 2. The van der Waals surface area contributed by atoms with Crippen LogP contribution in [-0.2, 0) is 9.59 Å². The summed E-state index contributed by atoms with van der Waals surface area (Å²) in [6.45, 7) is 4.62. The summed E-state index contributed by atoms with van der Waals surface area (Å²) < 4.78 is 4.92. The van der Waals surface area contributed by atoms with Crippen molar-refractivity contribution in [2.45, 2.75) is 6.92 Å². The standard InChI is InChI=1S/C17H20N4O3S/c1-13-11-15(19-24-13)18-16(22)12-20-6-8-21(9-7-20)17(23)5-4-14-3-2-10-25-14/h2-5,10-11H,6-9,12H2,1H3,(H,18,19,22)/b5-4+. The minimum absolute atomic E-state index is 0.00979. The summed E-state index contributed by atoms with van der Waals surface area (Å²) in [6, 6.07) is 5.61. The highest BCUT2D eigenvalue weighted by molar-refractivity contribution is 7.10. The zero-order valence-corrected chi connectivity index (χ0v) is 14.8. The number of nitrogens with one attached hydrogen (secondary N) is 1. The van der Waals surface area contributed by atoms with Crippen LogP contribution in [0.15, 0.2) is 34.2 Å². The maximum Gasteiger partial charge on any atom is 0.246 e. The molecular formula is C17H20N4O3S. The number of aromatic nitrogens is 1. The van der Waals surface area contributed by atoms with E-state index in [9.17, 15) is 9.59 Å². The van der Waals surface area contributed by atoms with Gasteiger partial charge in [-0.15, -0.1) is 11.3 Å². The number of hydrogen-bond donors (Lipinski definition) is 1. The highest BCUT2D eigenvalue weighted by atomic mass is 32.1. The lowest BCUT2D eigenvalue weighted by Gasteiger charge is -2.33. The normalized spacial score (nSPS) is 15.6. The largest absolute Gasteiger partial charge is 0.360 e. The van der Waals surface area contributed by atoms with Gasteiger partial charge in [-0.1, -0.05) is 11.2 Å². The Labute approximate surface area is 149 Å². The van der Waals surface area contributed by atoms with Crippen molar-refractivity contribution in [3.8, 4) is 0 Å². The van der Waals surface area contributed by atoms with Gasteiger partial charge in [-0.05, 0) is 24.4 Å². The van der Waals surface area contributed by atoms with Gasteiger partial charge in [-0.3, -0.25) is 14.5 Å². The number of rotatable bonds is 5. The van der Waals surface area contributed by atoms with Crippen LogP contribution in [-0.4, -0.2) is 59.5 Å². The molecule has 0 spiro atoms. The number of piperazine rings is 1. The van der Waals surface area contributed by atoms with Gasteiger partial charge in [0.2, 0.25) is 11.8 Å². The van der Waals surface area contributed by atoms with Gasteiger partial charge >= 0.3 is 0 Å². The lowest BCUT2D eigenvalue weighted by molar-refractivity contribution is -0.127. The van der Waals surface area contributed by atoms with Crippen LogP contribution in [0, 0.1) is 6.92 Å². The van der Waals surface area contributed by atoms with E-state index in [0.717, 1.165) is 4.88 Å². The molecule has 25 heavy (non-hydrogen) atoms. The van der Waals surface area contributed by atoms with E-state index in [0.29, 0.717) is 37.8 Å². The van der Waals surface area contributed by atoms with Gasteiger partial charge in [0.05, 0.1) is 6.54 Å². The third kappa shape index (κ3) is 5.01. The minimum atomic E-state index is -0.134. The van der Waals surface area contributed by atoms with E-state index in [-0.39, 0.29) is 18.4 Å². The molecule has 2 aromatic heterocycles. The van der Waals surface area contributed by atoms with E-state index in [2.05, 4.69) is 10.5 Å². The number of thiophene rings is 1. The van der Waals surface area contributed by atoms with Gasteiger partial charge in [-0.25, -0.2) is 0 Å². The second kappa shape index (κ2) is 8.09. The van der Waals surface area contributed by atoms with Crippen molar-refractivity contribution in [3.05, 3.63) is 40.3 Å². The van der Waals surface area contributed by atoms with Gasteiger partial charge in [0.1, 0.15) is 5.76 Å². The Morgan fingerprint density at radius 3 is 2.80 bits per heavy atom. The average molecular weight is 360 g/mol. The molecule has 0 aliphatic carbocycles. The van der Waals surface area contributed by atoms with Gasteiger partial charge in [0, 0.05) is 43.2 Å². The predicted octanol–water partition coefficient (Wildman–Crippen LogP) is 1.84. The lowest BCUT2D eigenvalue weighted by atomic mass is 10.3. The van der Waals surface area contributed by atoms with Crippen LogP contribution >= 0.6 is 11.3 Å². The number of nitrogens with zero attached hydrogens (tertiary/aromatic N) is 3. The van der Waals surface area contributed by atoms with Crippen LogP contribution in [0.3, 0.4) is 0 Å². The van der Waals surface area contributed by atoms with E-state index in [1.807, 2.05) is 28.5 Å². The fourth-order valence-electron chi connectivity index (χ4n) is 2.58. The number of anilines is 1. The SMILES string of the molecule is Cc1cc(NC(=O)CN2CCN(C(=O)/C=C/c3cccs3)CC2)no1.